The van der Waals surface area contributed by atoms with Gasteiger partial charge in [-0.3, -0.25) is 0 Å². The van der Waals surface area contributed by atoms with Gasteiger partial charge in [-0.2, -0.15) is 0 Å². The van der Waals surface area contributed by atoms with Crippen molar-refractivity contribution in [3.05, 3.63) is 18.2 Å². The first-order chi connectivity index (χ1) is 8.53. The van der Waals surface area contributed by atoms with Crippen LogP contribution in [0.25, 0.3) is 0 Å². The number of aromatic nitrogens is 2. The van der Waals surface area contributed by atoms with Gasteiger partial charge in [0.05, 0.1) is 26.4 Å². The van der Waals surface area contributed by atoms with Crippen LogP contribution in [0.3, 0.4) is 0 Å². The van der Waals surface area contributed by atoms with Crippen LogP contribution in [0.4, 0.5) is 0 Å². The average Bonchev–Trinajstić information content (AvgIpc) is 2.73. The van der Waals surface area contributed by atoms with E-state index >= 15 is 0 Å². The van der Waals surface area contributed by atoms with Crippen LogP contribution in [0.2, 0.25) is 0 Å². The summed E-state index contributed by atoms with van der Waals surface area (Å²) >= 11 is 0. The molecule has 0 saturated heterocycles. The minimum atomic E-state index is 0.103. The Hall–Kier alpha value is -0.910. The Labute approximate surface area is 109 Å². The fourth-order valence-electron chi connectivity index (χ4n) is 1.46. The average molecular weight is 255 g/mol. The summed E-state index contributed by atoms with van der Waals surface area (Å²) in [6.07, 6.45) is 3.81. The highest BCUT2D eigenvalue weighted by molar-refractivity contribution is 4.93. The number of nitrogens with one attached hydrogen (secondary N) is 1. The maximum atomic E-state index is 5.45. The molecule has 1 N–H and O–H groups in total. The molecule has 0 fully saturated rings. The van der Waals surface area contributed by atoms with Crippen LogP contribution in [0.5, 0.6) is 0 Å². The molecule has 5 nitrogen and oxygen atoms in total. The van der Waals surface area contributed by atoms with E-state index in [1.54, 1.807) is 7.11 Å². The second-order valence-electron chi connectivity index (χ2n) is 5.25. The van der Waals surface area contributed by atoms with Crippen LogP contribution >= 0.6 is 0 Å². The van der Waals surface area contributed by atoms with Gasteiger partial charge in [0.1, 0.15) is 5.82 Å². The van der Waals surface area contributed by atoms with Gasteiger partial charge in [-0.25, -0.2) is 4.98 Å². The van der Waals surface area contributed by atoms with Gasteiger partial charge in [-0.05, 0) is 20.8 Å². The monoisotopic (exact) mass is 255 g/mol. The summed E-state index contributed by atoms with van der Waals surface area (Å²) in [5, 5.41) is 3.43. The normalized spacial score (nSPS) is 12.0. The van der Waals surface area contributed by atoms with Gasteiger partial charge in [0.25, 0.3) is 0 Å². The van der Waals surface area contributed by atoms with Gasteiger partial charge >= 0.3 is 0 Å². The predicted octanol–water partition coefficient (Wildman–Crippen LogP) is 1.43. The molecular weight excluding hydrogens is 230 g/mol. The van der Waals surface area contributed by atoms with Gasteiger partial charge in [-0.15, -0.1) is 0 Å². The van der Waals surface area contributed by atoms with E-state index in [1.807, 2.05) is 12.4 Å². The molecule has 0 unspecified atom stereocenters. The molecule has 0 bridgehead atoms. The Kier molecular flexibility index (Phi) is 6.32. The van der Waals surface area contributed by atoms with Crippen molar-refractivity contribution in [3.8, 4) is 0 Å². The molecule has 0 aliphatic heterocycles. The van der Waals surface area contributed by atoms with Crippen molar-refractivity contribution in [2.45, 2.75) is 39.4 Å². The third-order valence-corrected chi connectivity index (χ3v) is 2.49. The summed E-state index contributed by atoms with van der Waals surface area (Å²) in [5.74, 6) is 1.04. The summed E-state index contributed by atoms with van der Waals surface area (Å²) in [5.41, 5.74) is 0.103. The third-order valence-electron chi connectivity index (χ3n) is 2.49. The molecule has 0 saturated carbocycles. The largest absolute Gasteiger partial charge is 0.382 e. The van der Waals surface area contributed by atoms with Gasteiger partial charge in [-0.1, -0.05) is 0 Å². The van der Waals surface area contributed by atoms with Crippen LogP contribution in [-0.4, -0.2) is 42.0 Å². The topological polar surface area (TPSA) is 48.3 Å². The molecule has 0 radical (unpaired) electrons. The molecule has 1 aromatic heterocycles. The molecule has 0 aromatic carbocycles. The summed E-state index contributed by atoms with van der Waals surface area (Å²) in [7, 11) is 1.68. The lowest BCUT2D eigenvalue weighted by Gasteiger charge is -2.20. The highest BCUT2D eigenvalue weighted by atomic mass is 16.5. The van der Waals surface area contributed by atoms with Crippen LogP contribution in [0.1, 0.15) is 26.6 Å². The first-order valence-corrected chi connectivity index (χ1v) is 6.34. The maximum absolute atomic E-state index is 5.45. The zero-order valence-electron chi connectivity index (χ0n) is 11.9. The van der Waals surface area contributed by atoms with Gasteiger partial charge in [0.15, 0.2) is 0 Å². The van der Waals surface area contributed by atoms with Gasteiger partial charge in [0, 0.05) is 31.6 Å². The van der Waals surface area contributed by atoms with Crippen molar-refractivity contribution < 1.29 is 9.47 Å². The van der Waals surface area contributed by atoms with E-state index in [9.17, 15) is 0 Å². The number of hydrogen-bond donors (Lipinski definition) is 1. The van der Waals surface area contributed by atoms with Crippen molar-refractivity contribution >= 4 is 0 Å². The van der Waals surface area contributed by atoms with Crippen LogP contribution < -0.4 is 5.32 Å². The minimum absolute atomic E-state index is 0.103. The molecular formula is C13H25N3O2. The minimum Gasteiger partial charge on any atom is -0.382 e. The van der Waals surface area contributed by atoms with Crippen LogP contribution in [-0.2, 0) is 22.6 Å². The molecule has 5 heteroatoms. The van der Waals surface area contributed by atoms with Crippen molar-refractivity contribution in [3.63, 3.8) is 0 Å². The molecule has 104 valence electrons. The maximum Gasteiger partial charge on any atom is 0.122 e. The zero-order chi connectivity index (χ0) is 13.4. The Morgan fingerprint density at radius 3 is 2.72 bits per heavy atom. The molecule has 0 aliphatic carbocycles. The summed E-state index contributed by atoms with van der Waals surface area (Å²) in [6.45, 7) is 10.0. The highest BCUT2D eigenvalue weighted by Crippen LogP contribution is 2.03. The summed E-state index contributed by atoms with van der Waals surface area (Å²) in [4.78, 5) is 4.35. The van der Waals surface area contributed by atoms with E-state index in [0.29, 0.717) is 19.8 Å². The van der Waals surface area contributed by atoms with Crippen LogP contribution in [0.15, 0.2) is 12.4 Å². The van der Waals surface area contributed by atoms with E-state index in [0.717, 1.165) is 18.9 Å². The lowest BCUT2D eigenvalue weighted by Crippen LogP contribution is -2.36. The molecule has 18 heavy (non-hydrogen) atoms. The number of rotatable bonds is 8. The number of hydrogen-bond acceptors (Lipinski definition) is 4. The SMILES string of the molecule is COCCOCCn1ccnc1CNC(C)(C)C. The Bertz CT molecular complexity index is 331. The molecule has 0 atom stereocenters. The number of nitrogens with zero attached hydrogens (tertiary/aromatic N) is 2. The second kappa shape index (κ2) is 7.51. The quantitative estimate of drug-likeness (QED) is 0.714. The Morgan fingerprint density at radius 2 is 2.06 bits per heavy atom. The van der Waals surface area contributed by atoms with E-state index in [4.69, 9.17) is 9.47 Å². The van der Waals surface area contributed by atoms with E-state index in [2.05, 4.69) is 35.6 Å². The molecule has 0 spiro atoms. The van der Waals surface area contributed by atoms with Crippen molar-refractivity contribution in [1.29, 1.82) is 0 Å². The number of ether oxygens (including phenoxy) is 2. The summed E-state index contributed by atoms with van der Waals surface area (Å²) < 4.78 is 12.5. The number of imidazole rings is 1. The van der Waals surface area contributed by atoms with Crippen molar-refractivity contribution in [2.24, 2.45) is 0 Å². The van der Waals surface area contributed by atoms with Crippen LogP contribution in [0, 0.1) is 0 Å². The standard InChI is InChI=1S/C13H25N3O2/c1-13(2,3)15-11-12-14-5-6-16(12)7-8-18-10-9-17-4/h5-6,15H,7-11H2,1-4H3. The van der Waals surface area contributed by atoms with Crippen molar-refractivity contribution in [2.75, 3.05) is 26.9 Å². The smallest absolute Gasteiger partial charge is 0.122 e. The highest BCUT2D eigenvalue weighted by Gasteiger charge is 2.10. The molecule has 0 amide bonds. The zero-order valence-corrected chi connectivity index (χ0v) is 11.9. The Balaban J connectivity index is 2.31. The fourth-order valence-corrected chi connectivity index (χ4v) is 1.46. The summed E-state index contributed by atoms with van der Waals surface area (Å²) in [6, 6.07) is 0. The first-order valence-electron chi connectivity index (χ1n) is 6.34. The molecule has 0 aliphatic rings. The first kappa shape index (κ1) is 15.1. The molecule has 1 aromatic rings. The lowest BCUT2D eigenvalue weighted by molar-refractivity contribution is 0.0662. The second-order valence-corrected chi connectivity index (χ2v) is 5.25. The molecule has 1 rings (SSSR count). The fraction of sp³-hybridized carbons (Fsp3) is 0.769. The van der Waals surface area contributed by atoms with Crippen molar-refractivity contribution in [1.82, 2.24) is 14.9 Å². The van der Waals surface area contributed by atoms with E-state index < -0.39 is 0 Å². The lowest BCUT2D eigenvalue weighted by atomic mass is 10.1. The van der Waals surface area contributed by atoms with E-state index in [1.165, 1.54) is 0 Å². The number of methoxy groups -OCH3 is 1. The van der Waals surface area contributed by atoms with Gasteiger partial charge in [0.2, 0.25) is 0 Å². The van der Waals surface area contributed by atoms with E-state index in [-0.39, 0.29) is 5.54 Å². The molecule has 1 heterocycles. The van der Waals surface area contributed by atoms with Gasteiger partial charge < -0.3 is 19.4 Å². The Morgan fingerprint density at radius 1 is 1.28 bits per heavy atom. The third kappa shape index (κ3) is 6.14. The predicted molar refractivity (Wildman–Crippen MR) is 71.5 cm³/mol.